The van der Waals surface area contributed by atoms with E-state index in [-0.39, 0.29) is 5.69 Å². The molecule has 8 heteroatoms. The highest BCUT2D eigenvalue weighted by Gasteiger charge is 2.11. The number of hydrogen-bond donors (Lipinski definition) is 1. The molecule has 2 aromatic rings. The summed E-state index contributed by atoms with van der Waals surface area (Å²) < 4.78 is 5.50. The van der Waals surface area contributed by atoms with Crippen LogP contribution in [0, 0.1) is 23.0 Å². The van der Waals surface area contributed by atoms with E-state index in [2.05, 4.69) is 34.3 Å². The Labute approximate surface area is 121 Å². The molecule has 0 aliphatic rings. The SMILES string of the molecule is Cc1cc([N+](=O)[O-])cnc1NCc1nnc(CC(C)C)o1. The third-order valence-electron chi connectivity index (χ3n) is 2.77. The molecule has 21 heavy (non-hydrogen) atoms. The van der Waals surface area contributed by atoms with Gasteiger partial charge in [0.05, 0.1) is 11.5 Å². The van der Waals surface area contributed by atoms with Crippen LogP contribution in [0.3, 0.4) is 0 Å². The van der Waals surface area contributed by atoms with Crippen molar-refractivity contribution in [2.75, 3.05) is 5.32 Å². The van der Waals surface area contributed by atoms with Gasteiger partial charge in [-0.2, -0.15) is 0 Å². The fourth-order valence-corrected chi connectivity index (χ4v) is 1.80. The van der Waals surface area contributed by atoms with Crippen LogP contribution in [0.15, 0.2) is 16.7 Å². The second-order valence-corrected chi connectivity index (χ2v) is 5.16. The van der Waals surface area contributed by atoms with Crippen LogP contribution in [-0.4, -0.2) is 20.1 Å². The smallest absolute Gasteiger partial charge is 0.287 e. The summed E-state index contributed by atoms with van der Waals surface area (Å²) in [5.74, 6) is 2.08. The van der Waals surface area contributed by atoms with Crippen LogP contribution in [-0.2, 0) is 13.0 Å². The van der Waals surface area contributed by atoms with Crippen molar-refractivity contribution in [2.45, 2.75) is 33.7 Å². The van der Waals surface area contributed by atoms with Crippen LogP contribution in [0.25, 0.3) is 0 Å². The average Bonchev–Trinajstić information content (AvgIpc) is 2.83. The maximum Gasteiger partial charge on any atom is 0.287 e. The van der Waals surface area contributed by atoms with Crippen molar-refractivity contribution in [2.24, 2.45) is 5.92 Å². The largest absolute Gasteiger partial charge is 0.423 e. The van der Waals surface area contributed by atoms with Gasteiger partial charge in [0.2, 0.25) is 11.8 Å². The van der Waals surface area contributed by atoms with E-state index in [0.29, 0.717) is 35.6 Å². The lowest BCUT2D eigenvalue weighted by Gasteiger charge is -2.05. The highest BCUT2D eigenvalue weighted by molar-refractivity contribution is 5.48. The molecular weight excluding hydrogens is 274 g/mol. The molecule has 0 unspecified atom stereocenters. The zero-order valence-corrected chi connectivity index (χ0v) is 12.2. The Bertz CT molecular complexity index is 638. The van der Waals surface area contributed by atoms with Crippen molar-refractivity contribution in [1.29, 1.82) is 0 Å². The summed E-state index contributed by atoms with van der Waals surface area (Å²) in [4.78, 5) is 14.2. The highest BCUT2D eigenvalue weighted by atomic mass is 16.6. The average molecular weight is 291 g/mol. The molecule has 0 aliphatic carbocycles. The fourth-order valence-electron chi connectivity index (χ4n) is 1.80. The van der Waals surface area contributed by atoms with Crippen LogP contribution < -0.4 is 5.32 Å². The summed E-state index contributed by atoms with van der Waals surface area (Å²) in [6.07, 6.45) is 1.95. The molecule has 0 saturated heterocycles. The Hall–Kier alpha value is -2.51. The van der Waals surface area contributed by atoms with Gasteiger partial charge in [-0.25, -0.2) is 4.98 Å². The van der Waals surface area contributed by atoms with Crippen molar-refractivity contribution in [1.82, 2.24) is 15.2 Å². The molecule has 0 saturated carbocycles. The maximum absolute atomic E-state index is 10.6. The van der Waals surface area contributed by atoms with Crippen molar-refractivity contribution in [3.63, 3.8) is 0 Å². The molecule has 0 amide bonds. The van der Waals surface area contributed by atoms with Gasteiger partial charge in [0, 0.05) is 12.5 Å². The van der Waals surface area contributed by atoms with Gasteiger partial charge in [-0.1, -0.05) is 13.8 Å². The summed E-state index contributed by atoms with van der Waals surface area (Å²) in [7, 11) is 0. The second kappa shape index (κ2) is 6.29. The first kappa shape index (κ1) is 14.9. The van der Waals surface area contributed by atoms with Crippen LogP contribution >= 0.6 is 0 Å². The van der Waals surface area contributed by atoms with Gasteiger partial charge in [-0.05, 0) is 18.4 Å². The maximum atomic E-state index is 10.6. The molecule has 112 valence electrons. The molecule has 0 radical (unpaired) electrons. The van der Waals surface area contributed by atoms with Gasteiger partial charge in [-0.3, -0.25) is 10.1 Å². The number of aryl methyl sites for hydroxylation is 1. The zero-order chi connectivity index (χ0) is 15.4. The van der Waals surface area contributed by atoms with E-state index in [1.165, 1.54) is 12.3 Å². The molecule has 1 N–H and O–H groups in total. The van der Waals surface area contributed by atoms with E-state index in [4.69, 9.17) is 4.42 Å². The van der Waals surface area contributed by atoms with E-state index >= 15 is 0 Å². The molecule has 8 nitrogen and oxygen atoms in total. The Kier molecular flexibility index (Phi) is 4.46. The molecule has 0 spiro atoms. The lowest BCUT2D eigenvalue weighted by molar-refractivity contribution is -0.385. The summed E-state index contributed by atoms with van der Waals surface area (Å²) >= 11 is 0. The first-order chi connectivity index (χ1) is 9.95. The molecule has 2 heterocycles. The van der Waals surface area contributed by atoms with E-state index in [1.54, 1.807) is 6.92 Å². The van der Waals surface area contributed by atoms with Gasteiger partial charge in [0.1, 0.15) is 12.0 Å². The number of nitro groups is 1. The van der Waals surface area contributed by atoms with Crippen LogP contribution in [0.5, 0.6) is 0 Å². The molecule has 2 rings (SSSR count). The summed E-state index contributed by atoms with van der Waals surface area (Å²) in [5, 5.41) is 21.6. The molecule has 0 aliphatic heterocycles. The van der Waals surface area contributed by atoms with Gasteiger partial charge >= 0.3 is 0 Å². The topological polar surface area (TPSA) is 107 Å². The van der Waals surface area contributed by atoms with Crippen molar-refractivity contribution in [3.05, 3.63) is 39.7 Å². The second-order valence-electron chi connectivity index (χ2n) is 5.16. The number of rotatable bonds is 6. The van der Waals surface area contributed by atoms with Gasteiger partial charge in [0.15, 0.2) is 0 Å². The highest BCUT2D eigenvalue weighted by Crippen LogP contribution is 2.18. The standard InChI is InChI=1S/C13H17N5O3/c1-8(2)4-11-16-17-12(21-11)7-15-13-9(3)5-10(6-14-13)18(19)20/h5-6,8H,4,7H2,1-3H3,(H,14,15). The van der Waals surface area contributed by atoms with E-state index in [9.17, 15) is 10.1 Å². The predicted octanol–water partition coefficient (Wildman–Crippen LogP) is 2.49. The minimum absolute atomic E-state index is 0.0324. The Morgan fingerprint density at radius 1 is 1.38 bits per heavy atom. The monoisotopic (exact) mass is 291 g/mol. The zero-order valence-electron chi connectivity index (χ0n) is 12.2. The third kappa shape index (κ3) is 3.98. The molecule has 0 fully saturated rings. The lowest BCUT2D eigenvalue weighted by atomic mass is 10.1. The molecule has 2 aromatic heterocycles. The fraction of sp³-hybridized carbons (Fsp3) is 0.462. The van der Waals surface area contributed by atoms with E-state index < -0.39 is 4.92 Å². The van der Waals surface area contributed by atoms with Crippen molar-refractivity contribution < 1.29 is 9.34 Å². The first-order valence-corrected chi connectivity index (χ1v) is 6.62. The Balaban J connectivity index is 1.99. The summed E-state index contributed by atoms with van der Waals surface area (Å²) in [5.41, 5.74) is 0.654. The normalized spacial score (nSPS) is 10.9. The summed E-state index contributed by atoms with van der Waals surface area (Å²) in [6, 6.07) is 1.47. The molecule has 0 aromatic carbocycles. The Morgan fingerprint density at radius 2 is 2.10 bits per heavy atom. The minimum atomic E-state index is -0.472. The number of hydrogen-bond acceptors (Lipinski definition) is 7. The van der Waals surface area contributed by atoms with E-state index in [0.717, 1.165) is 6.42 Å². The van der Waals surface area contributed by atoms with Crippen molar-refractivity contribution in [3.8, 4) is 0 Å². The van der Waals surface area contributed by atoms with Gasteiger partial charge < -0.3 is 9.73 Å². The quantitative estimate of drug-likeness (QED) is 0.643. The van der Waals surface area contributed by atoms with Crippen molar-refractivity contribution >= 4 is 11.5 Å². The van der Waals surface area contributed by atoms with Crippen LogP contribution in [0.2, 0.25) is 0 Å². The minimum Gasteiger partial charge on any atom is -0.423 e. The number of aromatic nitrogens is 3. The predicted molar refractivity (Wildman–Crippen MR) is 75.8 cm³/mol. The summed E-state index contributed by atoms with van der Waals surface area (Å²) in [6.45, 7) is 6.23. The van der Waals surface area contributed by atoms with Gasteiger partial charge in [-0.15, -0.1) is 10.2 Å². The number of anilines is 1. The van der Waals surface area contributed by atoms with Crippen LogP contribution in [0.1, 0.15) is 31.2 Å². The molecule has 0 bridgehead atoms. The third-order valence-corrected chi connectivity index (χ3v) is 2.77. The van der Waals surface area contributed by atoms with Crippen LogP contribution in [0.4, 0.5) is 11.5 Å². The first-order valence-electron chi connectivity index (χ1n) is 6.62. The number of nitrogens with zero attached hydrogens (tertiary/aromatic N) is 4. The molecular formula is C13H17N5O3. The van der Waals surface area contributed by atoms with Gasteiger partial charge in [0.25, 0.3) is 5.69 Å². The van der Waals surface area contributed by atoms with E-state index in [1.807, 2.05) is 0 Å². The number of pyridine rings is 1. The molecule has 0 atom stereocenters. The Morgan fingerprint density at radius 3 is 2.71 bits per heavy atom. The lowest BCUT2D eigenvalue weighted by Crippen LogP contribution is -2.04. The number of nitrogens with one attached hydrogen (secondary N) is 1.